The van der Waals surface area contributed by atoms with Crippen molar-refractivity contribution in [2.24, 2.45) is 0 Å². The molecule has 0 saturated carbocycles. The van der Waals surface area contributed by atoms with Crippen LogP contribution < -0.4 is 5.32 Å². The van der Waals surface area contributed by atoms with Gasteiger partial charge in [0.25, 0.3) is 0 Å². The highest BCUT2D eigenvalue weighted by atomic mass is 32.2. The molecule has 0 heterocycles. The first-order valence-corrected chi connectivity index (χ1v) is 8.15. The van der Waals surface area contributed by atoms with Crippen molar-refractivity contribution < 1.29 is 23.1 Å². The number of rotatable bonds is 4. The van der Waals surface area contributed by atoms with Crippen LogP contribution in [0.25, 0.3) is 0 Å². The predicted octanol–water partition coefficient (Wildman–Crippen LogP) is 2.11. The van der Waals surface area contributed by atoms with Gasteiger partial charge in [-0.1, -0.05) is 0 Å². The summed E-state index contributed by atoms with van der Waals surface area (Å²) in [5.74, 6) is -0.328. The summed E-state index contributed by atoms with van der Waals surface area (Å²) in [5, 5.41) is 11.3. The zero-order valence-corrected chi connectivity index (χ0v) is 13.5. The Bertz CT molecular complexity index is 617. The second kappa shape index (κ2) is 6.44. The summed E-state index contributed by atoms with van der Waals surface area (Å²) in [6.07, 6.45) is -0.600. The van der Waals surface area contributed by atoms with Gasteiger partial charge in [-0.25, -0.2) is 13.2 Å². The number of aliphatic hydroxyl groups excluding tert-OH is 1. The van der Waals surface area contributed by atoms with Gasteiger partial charge >= 0.3 is 6.09 Å². The molecule has 0 aromatic heterocycles. The lowest BCUT2D eigenvalue weighted by Gasteiger charge is -2.20. The Balaban J connectivity index is 2.92. The number of aryl methyl sites for hydroxylation is 1. The van der Waals surface area contributed by atoms with Crippen molar-refractivity contribution in [2.75, 3.05) is 17.7 Å². The minimum absolute atomic E-state index is 0.115. The lowest BCUT2D eigenvalue weighted by atomic mass is 10.2. The Morgan fingerprint density at radius 2 is 1.95 bits per heavy atom. The van der Waals surface area contributed by atoms with Crippen molar-refractivity contribution in [1.82, 2.24) is 0 Å². The van der Waals surface area contributed by atoms with E-state index < -0.39 is 28.1 Å². The Kier molecular flexibility index (Phi) is 5.36. The largest absolute Gasteiger partial charge is 0.444 e. The molecular formula is C14H21NO5S. The van der Waals surface area contributed by atoms with Crippen LogP contribution >= 0.6 is 0 Å². The molecule has 0 spiro atoms. The van der Waals surface area contributed by atoms with Gasteiger partial charge in [-0.15, -0.1) is 0 Å². The first-order valence-electron chi connectivity index (χ1n) is 6.49. The fraction of sp³-hybridized carbons (Fsp3) is 0.500. The molecular weight excluding hydrogens is 294 g/mol. The van der Waals surface area contributed by atoms with Crippen molar-refractivity contribution in [1.29, 1.82) is 0 Å². The predicted molar refractivity (Wildman–Crippen MR) is 80.2 cm³/mol. The van der Waals surface area contributed by atoms with Crippen molar-refractivity contribution in [3.05, 3.63) is 23.8 Å². The highest BCUT2D eigenvalue weighted by Crippen LogP contribution is 2.21. The summed E-state index contributed by atoms with van der Waals surface area (Å²) in [7, 11) is -3.50. The second-order valence-corrected chi connectivity index (χ2v) is 7.76. The molecule has 118 valence electrons. The molecule has 1 aromatic rings. The molecule has 0 aliphatic heterocycles. The third-order valence-corrected chi connectivity index (χ3v) is 4.24. The molecule has 21 heavy (non-hydrogen) atoms. The summed E-state index contributed by atoms with van der Waals surface area (Å²) >= 11 is 0. The van der Waals surface area contributed by atoms with E-state index in [1.165, 1.54) is 18.2 Å². The topological polar surface area (TPSA) is 92.7 Å². The Morgan fingerprint density at radius 3 is 2.43 bits per heavy atom. The molecule has 0 atom stereocenters. The van der Waals surface area contributed by atoms with Crippen LogP contribution in [0.15, 0.2) is 23.1 Å². The van der Waals surface area contributed by atoms with Crippen LogP contribution in [0.4, 0.5) is 10.5 Å². The van der Waals surface area contributed by atoms with Crippen LogP contribution in [0.3, 0.4) is 0 Å². The summed E-state index contributed by atoms with van der Waals surface area (Å²) in [4.78, 5) is 11.8. The van der Waals surface area contributed by atoms with Crippen molar-refractivity contribution in [3.63, 3.8) is 0 Å². The van der Waals surface area contributed by atoms with Gasteiger partial charge in [0.15, 0.2) is 9.84 Å². The summed E-state index contributed by atoms with van der Waals surface area (Å²) in [6.45, 7) is 6.52. The van der Waals surface area contributed by atoms with Crippen molar-refractivity contribution in [3.8, 4) is 0 Å². The van der Waals surface area contributed by atoms with Crippen molar-refractivity contribution in [2.45, 2.75) is 38.2 Å². The van der Waals surface area contributed by atoms with E-state index >= 15 is 0 Å². The number of ether oxygens (including phenoxy) is 1. The van der Waals surface area contributed by atoms with Gasteiger partial charge in [0, 0.05) is 5.69 Å². The summed E-state index contributed by atoms with van der Waals surface area (Å²) < 4.78 is 28.8. The third kappa shape index (κ3) is 5.35. The number of anilines is 1. The van der Waals surface area contributed by atoms with Gasteiger partial charge in [-0.3, -0.25) is 5.32 Å². The fourth-order valence-electron chi connectivity index (χ4n) is 1.62. The number of hydrogen-bond acceptors (Lipinski definition) is 5. The lowest BCUT2D eigenvalue weighted by Crippen LogP contribution is -2.27. The standard InChI is InChI=1S/C14H21NO5S/c1-10-9-11(21(18,19)8-7-16)5-6-12(10)15-13(17)20-14(2,3)4/h5-6,9,16H,7-8H2,1-4H3,(H,15,17). The number of carbonyl (C=O) groups excluding carboxylic acids is 1. The molecule has 0 unspecified atom stereocenters. The van der Waals surface area contributed by atoms with Gasteiger partial charge in [-0.05, 0) is 51.5 Å². The Hall–Kier alpha value is -1.60. The van der Waals surface area contributed by atoms with E-state index in [-0.39, 0.29) is 10.6 Å². The van der Waals surface area contributed by atoms with Gasteiger partial charge < -0.3 is 9.84 Å². The highest BCUT2D eigenvalue weighted by molar-refractivity contribution is 7.91. The smallest absolute Gasteiger partial charge is 0.412 e. The molecule has 0 saturated heterocycles. The molecule has 0 bridgehead atoms. The van der Waals surface area contributed by atoms with Gasteiger partial charge in [-0.2, -0.15) is 0 Å². The van der Waals surface area contributed by atoms with Crippen molar-refractivity contribution >= 4 is 21.6 Å². The number of amides is 1. The van der Waals surface area contributed by atoms with Crippen LogP contribution in [0.1, 0.15) is 26.3 Å². The molecule has 2 N–H and O–H groups in total. The molecule has 0 aliphatic carbocycles. The molecule has 1 aromatic carbocycles. The average Bonchev–Trinajstić information content (AvgIpc) is 2.29. The average molecular weight is 315 g/mol. The van der Waals surface area contributed by atoms with Crippen LogP contribution in [0.5, 0.6) is 0 Å². The number of sulfone groups is 1. The maximum Gasteiger partial charge on any atom is 0.412 e. The zero-order chi connectivity index (χ0) is 16.3. The number of aliphatic hydroxyl groups is 1. The van der Waals surface area contributed by atoms with Crippen LogP contribution in [-0.4, -0.2) is 37.6 Å². The molecule has 6 nitrogen and oxygen atoms in total. The first-order chi connectivity index (χ1) is 9.55. The number of hydrogen-bond donors (Lipinski definition) is 2. The highest BCUT2D eigenvalue weighted by Gasteiger charge is 2.18. The van der Waals surface area contributed by atoms with Crippen LogP contribution in [-0.2, 0) is 14.6 Å². The van der Waals surface area contributed by atoms with Gasteiger partial charge in [0.05, 0.1) is 17.3 Å². The van der Waals surface area contributed by atoms with E-state index in [0.717, 1.165) is 0 Å². The molecule has 0 radical (unpaired) electrons. The monoisotopic (exact) mass is 315 g/mol. The van der Waals surface area contributed by atoms with E-state index in [9.17, 15) is 13.2 Å². The zero-order valence-electron chi connectivity index (χ0n) is 12.6. The minimum Gasteiger partial charge on any atom is -0.444 e. The third-order valence-electron chi connectivity index (χ3n) is 2.55. The first kappa shape index (κ1) is 17.5. The quantitative estimate of drug-likeness (QED) is 0.887. The van der Waals surface area contributed by atoms with Gasteiger partial charge in [0.2, 0.25) is 0 Å². The summed E-state index contributed by atoms with van der Waals surface area (Å²) in [6, 6.07) is 4.35. The molecule has 0 fully saturated rings. The molecule has 1 rings (SSSR count). The van der Waals surface area contributed by atoms with E-state index in [2.05, 4.69) is 5.32 Å². The van der Waals surface area contributed by atoms with E-state index in [1.54, 1.807) is 27.7 Å². The van der Waals surface area contributed by atoms with E-state index in [4.69, 9.17) is 9.84 Å². The SMILES string of the molecule is Cc1cc(S(=O)(=O)CCO)ccc1NC(=O)OC(C)(C)C. The normalized spacial score (nSPS) is 12.0. The maximum absolute atomic E-state index is 11.8. The Labute approximate surface area is 125 Å². The van der Waals surface area contributed by atoms with E-state index in [1.807, 2.05) is 0 Å². The second-order valence-electron chi connectivity index (χ2n) is 5.65. The Morgan fingerprint density at radius 1 is 1.33 bits per heavy atom. The van der Waals surface area contributed by atoms with Crippen LogP contribution in [0.2, 0.25) is 0 Å². The van der Waals surface area contributed by atoms with Gasteiger partial charge in [0.1, 0.15) is 5.60 Å². The molecule has 7 heteroatoms. The maximum atomic E-state index is 11.8. The van der Waals surface area contributed by atoms with E-state index in [0.29, 0.717) is 11.3 Å². The summed E-state index contributed by atoms with van der Waals surface area (Å²) in [5.41, 5.74) is 0.467. The molecule has 1 amide bonds. The van der Waals surface area contributed by atoms with Crippen LogP contribution in [0, 0.1) is 6.92 Å². The number of nitrogens with one attached hydrogen (secondary N) is 1. The minimum atomic E-state index is -3.50. The lowest BCUT2D eigenvalue weighted by molar-refractivity contribution is 0.0636. The number of benzene rings is 1. The number of carbonyl (C=O) groups is 1. The molecule has 0 aliphatic rings. The fourth-order valence-corrected chi connectivity index (χ4v) is 2.73.